The Bertz CT molecular complexity index is 840. The molecule has 1 atom stereocenters. The number of halogens is 3. The van der Waals surface area contributed by atoms with Gasteiger partial charge in [-0.25, -0.2) is 9.78 Å². The van der Waals surface area contributed by atoms with Crippen LogP contribution in [0.5, 0.6) is 5.75 Å². The predicted molar refractivity (Wildman–Crippen MR) is 128 cm³/mol. The molecule has 2 rings (SSSR count). The third-order valence-electron chi connectivity index (χ3n) is 4.19. The molecule has 0 saturated carbocycles. The van der Waals surface area contributed by atoms with Gasteiger partial charge in [0.25, 0.3) is 0 Å². The van der Waals surface area contributed by atoms with Crippen LogP contribution in [0.1, 0.15) is 60.5 Å². The molecular formula is C25H37F3N2O3. The summed E-state index contributed by atoms with van der Waals surface area (Å²) >= 11 is 0. The van der Waals surface area contributed by atoms with E-state index in [-0.39, 0.29) is 24.1 Å². The molecule has 1 aromatic heterocycles. The first kappa shape index (κ1) is 30.2. The van der Waals surface area contributed by atoms with Gasteiger partial charge in [0.15, 0.2) is 0 Å². The van der Waals surface area contributed by atoms with E-state index in [2.05, 4.69) is 28.9 Å². The first-order valence-corrected chi connectivity index (χ1v) is 11.3. The molecule has 0 aliphatic carbocycles. The number of carbonyl (C=O) groups excluding carboxylic acids is 1. The van der Waals surface area contributed by atoms with Crippen molar-refractivity contribution in [2.24, 2.45) is 11.8 Å². The van der Waals surface area contributed by atoms with Gasteiger partial charge >= 0.3 is 12.3 Å². The maximum atomic E-state index is 13.6. The van der Waals surface area contributed by atoms with Crippen molar-refractivity contribution in [3.05, 3.63) is 42.1 Å². The lowest BCUT2D eigenvalue weighted by atomic mass is 9.99. The maximum absolute atomic E-state index is 13.6. The van der Waals surface area contributed by atoms with Gasteiger partial charge in [0.1, 0.15) is 11.6 Å². The molecule has 33 heavy (non-hydrogen) atoms. The minimum absolute atomic E-state index is 0.142. The SMILES string of the molecule is CC.CC.COC(=O)Nc1cc(-c2ccc(OCC(C)CC(C)C)c(C(F)(F)F)c2)ccn1. The number of rotatable bonds is 7. The second-order valence-corrected chi connectivity index (χ2v) is 7.30. The van der Waals surface area contributed by atoms with E-state index < -0.39 is 17.8 Å². The molecule has 0 aliphatic rings. The van der Waals surface area contributed by atoms with Crippen molar-refractivity contribution in [3.8, 4) is 16.9 Å². The fourth-order valence-electron chi connectivity index (χ4n) is 3.00. The van der Waals surface area contributed by atoms with Gasteiger partial charge in [-0.05, 0) is 53.6 Å². The van der Waals surface area contributed by atoms with Gasteiger partial charge in [-0.2, -0.15) is 13.2 Å². The summed E-state index contributed by atoms with van der Waals surface area (Å²) in [6.45, 7) is 14.3. The standard InChI is InChI=1S/C21H25F3N2O3.2C2H6/c1-13(2)9-14(3)12-29-18-6-5-15(10-17(18)21(22,23)24)16-7-8-25-19(11-16)26-20(27)28-4;2*1-2/h5-8,10-11,13-14H,9,12H2,1-4H3,(H,25,26,27);2*1-2H3. The smallest absolute Gasteiger partial charge is 0.419 e. The topological polar surface area (TPSA) is 60.5 Å². The highest BCUT2D eigenvalue weighted by atomic mass is 19.4. The highest BCUT2D eigenvalue weighted by Gasteiger charge is 2.35. The molecular weight excluding hydrogens is 433 g/mol. The second-order valence-electron chi connectivity index (χ2n) is 7.30. The number of methoxy groups -OCH3 is 1. The van der Waals surface area contributed by atoms with Crippen LogP contribution in [0.2, 0.25) is 0 Å². The Balaban J connectivity index is 0.00000242. The molecule has 0 aliphatic heterocycles. The number of anilines is 1. The number of hydrogen-bond acceptors (Lipinski definition) is 4. The summed E-state index contributed by atoms with van der Waals surface area (Å²) in [5.74, 6) is 0.560. The highest BCUT2D eigenvalue weighted by molar-refractivity contribution is 5.84. The summed E-state index contributed by atoms with van der Waals surface area (Å²) in [7, 11) is 1.20. The molecule has 1 unspecified atom stereocenters. The van der Waals surface area contributed by atoms with Crippen molar-refractivity contribution in [2.75, 3.05) is 19.0 Å². The van der Waals surface area contributed by atoms with Gasteiger partial charge in [-0.3, -0.25) is 5.32 Å². The molecule has 1 N–H and O–H groups in total. The molecule has 0 saturated heterocycles. The van der Waals surface area contributed by atoms with Crippen LogP contribution in [0.4, 0.5) is 23.8 Å². The summed E-state index contributed by atoms with van der Waals surface area (Å²) in [5.41, 5.74) is -0.0436. The quantitative estimate of drug-likeness (QED) is 0.444. The van der Waals surface area contributed by atoms with E-state index in [9.17, 15) is 18.0 Å². The average molecular weight is 471 g/mol. The molecule has 1 aromatic carbocycles. The zero-order chi connectivity index (χ0) is 25.6. The van der Waals surface area contributed by atoms with Gasteiger partial charge in [-0.1, -0.05) is 54.5 Å². The minimum atomic E-state index is -4.56. The first-order chi connectivity index (χ1) is 15.6. The van der Waals surface area contributed by atoms with Crippen LogP contribution in [0.15, 0.2) is 36.5 Å². The van der Waals surface area contributed by atoms with Crippen LogP contribution < -0.4 is 10.1 Å². The lowest BCUT2D eigenvalue weighted by Crippen LogP contribution is -2.14. The Morgan fingerprint density at radius 1 is 1.03 bits per heavy atom. The van der Waals surface area contributed by atoms with Crippen molar-refractivity contribution in [2.45, 2.75) is 61.1 Å². The van der Waals surface area contributed by atoms with Crippen molar-refractivity contribution in [1.82, 2.24) is 4.98 Å². The Morgan fingerprint density at radius 3 is 2.18 bits per heavy atom. The van der Waals surface area contributed by atoms with E-state index in [1.807, 2.05) is 34.6 Å². The van der Waals surface area contributed by atoms with E-state index in [4.69, 9.17) is 4.74 Å². The Hall–Kier alpha value is -2.77. The van der Waals surface area contributed by atoms with Gasteiger partial charge in [0.2, 0.25) is 0 Å². The molecule has 0 radical (unpaired) electrons. The molecule has 0 fully saturated rings. The molecule has 1 amide bonds. The van der Waals surface area contributed by atoms with Gasteiger partial charge in [0, 0.05) is 6.20 Å². The second kappa shape index (κ2) is 15.1. The van der Waals surface area contributed by atoms with Crippen molar-refractivity contribution < 1.29 is 27.4 Å². The Kier molecular flexibility index (Phi) is 13.9. The summed E-state index contributed by atoms with van der Waals surface area (Å²) in [4.78, 5) is 15.3. The van der Waals surface area contributed by atoms with Crippen LogP contribution in [0.3, 0.4) is 0 Å². The van der Waals surface area contributed by atoms with Crippen LogP contribution in [0, 0.1) is 11.8 Å². The van der Waals surface area contributed by atoms with E-state index in [1.165, 1.54) is 25.4 Å². The lowest BCUT2D eigenvalue weighted by Gasteiger charge is -2.19. The fourth-order valence-corrected chi connectivity index (χ4v) is 3.00. The van der Waals surface area contributed by atoms with Crippen LogP contribution in [-0.2, 0) is 10.9 Å². The fraction of sp³-hybridized carbons (Fsp3) is 0.520. The lowest BCUT2D eigenvalue weighted by molar-refractivity contribution is -0.139. The first-order valence-electron chi connectivity index (χ1n) is 11.3. The van der Waals surface area contributed by atoms with Gasteiger partial charge in [-0.15, -0.1) is 0 Å². The van der Waals surface area contributed by atoms with Gasteiger partial charge in [0.05, 0.1) is 19.3 Å². The van der Waals surface area contributed by atoms with Crippen molar-refractivity contribution in [3.63, 3.8) is 0 Å². The zero-order valence-electron chi connectivity index (χ0n) is 20.8. The number of alkyl halides is 3. The number of aromatic nitrogens is 1. The van der Waals surface area contributed by atoms with Crippen LogP contribution >= 0.6 is 0 Å². The number of hydrogen-bond donors (Lipinski definition) is 1. The third kappa shape index (κ3) is 10.6. The van der Waals surface area contributed by atoms with Crippen LogP contribution in [0.25, 0.3) is 11.1 Å². The summed E-state index contributed by atoms with van der Waals surface area (Å²) in [5, 5.41) is 2.39. The number of pyridine rings is 1. The summed E-state index contributed by atoms with van der Waals surface area (Å²) in [6, 6.07) is 6.95. The van der Waals surface area contributed by atoms with Crippen LogP contribution in [-0.4, -0.2) is 24.8 Å². The zero-order valence-corrected chi connectivity index (χ0v) is 20.8. The summed E-state index contributed by atoms with van der Waals surface area (Å²) < 4.78 is 50.8. The minimum Gasteiger partial charge on any atom is -0.493 e. The predicted octanol–water partition coefficient (Wildman–Crippen LogP) is 8.06. The van der Waals surface area contributed by atoms with Gasteiger partial charge < -0.3 is 9.47 Å². The van der Waals surface area contributed by atoms with E-state index in [1.54, 1.807) is 12.1 Å². The monoisotopic (exact) mass is 470 g/mol. The number of nitrogens with zero attached hydrogens (tertiary/aromatic N) is 1. The maximum Gasteiger partial charge on any atom is 0.419 e. The number of amides is 1. The van der Waals surface area contributed by atoms with E-state index >= 15 is 0 Å². The normalized spacial score (nSPS) is 11.4. The average Bonchev–Trinajstić information content (AvgIpc) is 2.79. The molecule has 1 heterocycles. The Morgan fingerprint density at radius 2 is 1.64 bits per heavy atom. The number of benzene rings is 1. The van der Waals surface area contributed by atoms with E-state index in [0.29, 0.717) is 17.0 Å². The van der Waals surface area contributed by atoms with E-state index in [0.717, 1.165) is 12.5 Å². The largest absolute Gasteiger partial charge is 0.493 e. The molecule has 8 heteroatoms. The number of ether oxygens (including phenoxy) is 2. The number of nitrogens with one attached hydrogen (secondary N) is 1. The number of carbonyl (C=O) groups is 1. The Labute approximate surface area is 195 Å². The molecule has 186 valence electrons. The molecule has 2 aromatic rings. The van der Waals surface area contributed by atoms with Crippen molar-refractivity contribution in [1.29, 1.82) is 0 Å². The molecule has 5 nitrogen and oxygen atoms in total. The molecule has 0 spiro atoms. The molecule has 0 bridgehead atoms. The van der Waals surface area contributed by atoms with Crippen molar-refractivity contribution >= 4 is 11.9 Å². The highest BCUT2D eigenvalue weighted by Crippen LogP contribution is 2.39. The summed E-state index contributed by atoms with van der Waals surface area (Å²) in [6.07, 6.45) is -3.02. The third-order valence-corrected chi connectivity index (χ3v) is 4.19.